The second kappa shape index (κ2) is 7.28. The minimum absolute atomic E-state index is 0.274. The van der Waals surface area contributed by atoms with Crippen molar-refractivity contribution in [1.82, 2.24) is 9.55 Å². The van der Waals surface area contributed by atoms with Crippen molar-refractivity contribution in [3.05, 3.63) is 75.9 Å². The van der Waals surface area contributed by atoms with Crippen LogP contribution in [0.5, 0.6) is 0 Å². The van der Waals surface area contributed by atoms with Gasteiger partial charge in [0.15, 0.2) is 0 Å². The maximum Gasteiger partial charge on any atom is 0.416 e. The van der Waals surface area contributed by atoms with Gasteiger partial charge >= 0.3 is 12.1 Å². The van der Waals surface area contributed by atoms with E-state index in [1.807, 2.05) is 23.6 Å². The lowest BCUT2D eigenvalue weighted by Crippen LogP contribution is -2.04. The van der Waals surface area contributed by atoms with E-state index in [0.717, 1.165) is 28.2 Å². The standard InChI is InChI=1S/C22H17F3N2O2S/c1-12-18(30-20(26-12)14-7-9-15(10-8-14)22(23,24)25)11-27-13(2)19(21(28)29)16-5-3-4-6-17(16)27/h3-10H,11H2,1-2H3,(H,28,29). The highest BCUT2D eigenvalue weighted by atomic mass is 32.1. The molecule has 0 aliphatic heterocycles. The molecule has 0 amide bonds. The number of para-hydroxylation sites is 1. The monoisotopic (exact) mass is 430 g/mol. The fourth-order valence-electron chi connectivity index (χ4n) is 3.55. The number of carboxylic acids is 1. The molecule has 8 heteroatoms. The molecular weight excluding hydrogens is 413 g/mol. The Kier molecular flexibility index (Phi) is 4.89. The lowest BCUT2D eigenvalue weighted by molar-refractivity contribution is -0.137. The number of nitrogens with zero attached hydrogens (tertiary/aromatic N) is 2. The second-order valence-corrected chi connectivity index (χ2v) is 8.06. The molecular formula is C22H17F3N2O2S. The van der Waals surface area contributed by atoms with Crippen molar-refractivity contribution in [3.63, 3.8) is 0 Å². The number of rotatable bonds is 4. The van der Waals surface area contributed by atoms with Gasteiger partial charge < -0.3 is 9.67 Å². The Balaban J connectivity index is 1.72. The first-order valence-electron chi connectivity index (χ1n) is 9.12. The molecule has 0 saturated carbocycles. The number of benzene rings is 2. The highest BCUT2D eigenvalue weighted by Crippen LogP contribution is 2.34. The molecule has 0 unspecified atom stereocenters. The van der Waals surface area contributed by atoms with Gasteiger partial charge in [-0.1, -0.05) is 30.3 Å². The van der Waals surface area contributed by atoms with E-state index in [-0.39, 0.29) is 5.56 Å². The molecule has 2 heterocycles. The van der Waals surface area contributed by atoms with Crippen molar-refractivity contribution in [2.45, 2.75) is 26.6 Å². The number of aromatic nitrogens is 2. The first-order chi connectivity index (χ1) is 14.2. The van der Waals surface area contributed by atoms with Gasteiger partial charge in [-0.25, -0.2) is 9.78 Å². The van der Waals surface area contributed by atoms with E-state index in [4.69, 9.17) is 0 Å². The summed E-state index contributed by atoms with van der Waals surface area (Å²) in [4.78, 5) is 17.2. The first kappa shape index (κ1) is 20.2. The molecule has 0 aliphatic carbocycles. The van der Waals surface area contributed by atoms with Crippen LogP contribution in [0.2, 0.25) is 0 Å². The molecule has 154 valence electrons. The average Bonchev–Trinajstić information content (AvgIpc) is 3.19. The number of aryl methyl sites for hydroxylation is 1. The second-order valence-electron chi connectivity index (χ2n) is 6.97. The van der Waals surface area contributed by atoms with Crippen LogP contribution in [0.15, 0.2) is 48.5 Å². The first-order valence-corrected chi connectivity index (χ1v) is 9.93. The molecule has 30 heavy (non-hydrogen) atoms. The molecule has 0 fully saturated rings. The smallest absolute Gasteiger partial charge is 0.416 e. The Bertz CT molecular complexity index is 1250. The average molecular weight is 430 g/mol. The fourth-order valence-corrected chi connectivity index (χ4v) is 4.61. The number of halogens is 3. The van der Waals surface area contributed by atoms with Crippen LogP contribution < -0.4 is 0 Å². The van der Waals surface area contributed by atoms with E-state index < -0.39 is 17.7 Å². The third-order valence-corrected chi connectivity index (χ3v) is 6.29. The van der Waals surface area contributed by atoms with Crippen molar-refractivity contribution in [2.24, 2.45) is 0 Å². The highest BCUT2D eigenvalue weighted by Gasteiger charge is 2.30. The number of thiazole rings is 1. The Morgan fingerprint density at radius 2 is 1.77 bits per heavy atom. The van der Waals surface area contributed by atoms with Crippen LogP contribution in [-0.4, -0.2) is 20.6 Å². The number of fused-ring (bicyclic) bond motifs is 1. The van der Waals surface area contributed by atoms with Gasteiger partial charge in [-0.3, -0.25) is 0 Å². The van der Waals surface area contributed by atoms with E-state index in [1.54, 1.807) is 19.1 Å². The third-order valence-electron chi connectivity index (χ3n) is 5.10. The number of carboxylic acid groups (broad SMARTS) is 1. The molecule has 4 rings (SSSR count). The molecule has 4 nitrogen and oxygen atoms in total. The molecule has 0 bridgehead atoms. The van der Waals surface area contributed by atoms with Crippen LogP contribution in [0, 0.1) is 13.8 Å². The Labute approximate surface area is 174 Å². The van der Waals surface area contributed by atoms with Gasteiger partial charge in [0.2, 0.25) is 0 Å². The summed E-state index contributed by atoms with van der Waals surface area (Å²) in [5, 5.41) is 10.9. The van der Waals surface area contributed by atoms with E-state index in [0.29, 0.717) is 28.2 Å². The SMILES string of the molecule is Cc1nc(-c2ccc(C(F)(F)F)cc2)sc1Cn1c(C)c(C(=O)O)c2ccccc21. The predicted octanol–water partition coefficient (Wildman–Crippen LogP) is 6.15. The summed E-state index contributed by atoms with van der Waals surface area (Å²) in [7, 11) is 0. The number of aromatic carboxylic acids is 1. The molecule has 1 N–H and O–H groups in total. The van der Waals surface area contributed by atoms with Gasteiger partial charge in [0.05, 0.1) is 23.4 Å². The van der Waals surface area contributed by atoms with Crippen LogP contribution in [0.4, 0.5) is 13.2 Å². The van der Waals surface area contributed by atoms with Crippen molar-refractivity contribution in [1.29, 1.82) is 0 Å². The van der Waals surface area contributed by atoms with Crippen LogP contribution >= 0.6 is 11.3 Å². The zero-order valence-corrected chi connectivity index (χ0v) is 16.9. The Morgan fingerprint density at radius 1 is 1.10 bits per heavy atom. The zero-order valence-electron chi connectivity index (χ0n) is 16.1. The van der Waals surface area contributed by atoms with E-state index in [2.05, 4.69) is 4.98 Å². The number of hydrogen-bond acceptors (Lipinski definition) is 3. The maximum atomic E-state index is 12.8. The minimum Gasteiger partial charge on any atom is -0.478 e. The van der Waals surface area contributed by atoms with Gasteiger partial charge in [0.1, 0.15) is 5.01 Å². The van der Waals surface area contributed by atoms with Gasteiger partial charge in [0, 0.05) is 27.0 Å². The summed E-state index contributed by atoms with van der Waals surface area (Å²) >= 11 is 1.40. The van der Waals surface area contributed by atoms with Crippen molar-refractivity contribution >= 4 is 28.2 Å². The number of carbonyl (C=O) groups is 1. The quantitative estimate of drug-likeness (QED) is 0.423. The predicted molar refractivity (Wildman–Crippen MR) is 110 cm³/mol. The topological polar surface area (TPSA) is 55.1 Å². The largest absolute Gasteiger partial charge is 0.478 e. The summed E-state index contributed by atoms with van der Waals surface area (Å²) < 4.78 is 40.3. The minimum atomic E-state index is -4.38. The Hall–Kier alpha value is -3.13. The van der Waals surface area contributed by atoms with E-state index in [9.17, 15) is 23.1 Å². The van der Waals surface area contributed by atoms with Crippen molar-refractivity contribution in [3.8, 4) is 10.6 Å². The fraction of sp³-hybridized carbons (Fsp3) is 0.182. The summed E-state index contributed by atoms with van der Waals surface area (Å²) in [6, 6.07) is 12.3. The maximum absolute atomic E-state index is 12.8. The molecule has 0 saturated heterocycles. The molecule has 0 radical (unpaired) electrons. The zero-order chi connectivity index (χ0) is 21.6. The van der Waals surface area contributed by atoms with Crippen molar-refractivity contribution < 1.29 is 23.1 Å². The van der Waals surface area contributed by atoms with E-state index >= 15 is 0 Å². The van der Waals surface area contributed by atoms with Crippen LogP contribution in [0.1, 0.15) is 32.2 Å². The lowest BCUT2D eigenvalue weighted by atomic mass is 10.1. The highest BCUT2D eigenvalue weighted by molar-refractivity contribution is 7.15. The van der Waals surface area contributed by atoms with Crippen LogP contribution in [-0.2, 0) is 12.7 Å². The Morgan fingerprint density at radius 3 is 2.40 bits per heavy atom. The molecule has 0 atom stereocenters. The molecule has 2 aromatic carbocycles. The number of hydrogen-bond donors (Lipinski definition) is 1. The third kappa shape index (κ3) is 3.47. The summed E-state index contributed by atoms with van der Waals surface area (Å²) in [6.45, 7) is 4.05. The lowest BCUT2D eigenvalue weighted by Gasteiger charge is -2.07. The number of alkyl halides is 3. The molecule has 2 aromatic heterocycles. The summed E-state index contributed by atoms with van der Waals surface area (Å²) in [5.41, 5.74) is 2.42. The van der Waals surface area contributed by atoms with Gasteiger partial charge in [-0.05, 0) is 32.0 Å². The van der Waals surface area contributed by atoms with Gasteiger partial charge in [0.25, 0.3) is 0 Å². The van der Waals surface area contributed by atoms with Gasteiger partial charge in [-0.2, -0.15) is 13.2 Å². The normalized spacial score (nSPS) is 11.9. The van der Waals surface area contributed by atoms with E-state index in [1.165, 1.54) is 23.5 Å². The van der Waals surface area contributed by atoms with Gasteiger partial charge in [-0.15, -0.1) is 11.3 Å². The molecule has 0 aliphatic rings. The molecule has 4 aromatic rings. The summed E-state index contributed by atoms with van der Waals surface area (Å²) in [6.07, 6.45) is -4.38. The van der Waals surface area contributed by atoms with Crippen molar-refractivity contribution in [2.75, 3.05) is 0 Å². The van der Waals surface area contributed by atoms with Crippen LogP contribution in [0.25, 0.3) is 21.5 Å². The van der Waals surface area contributed by atoms with Crippen LogP contribution in [0.3, 0.4) is 0 Å². The molecule has 0 spiro atoms. The summed E-state index contributed by atoms with van der Waals surface area (Å²) in [5.74, 6) is -0.978.